The summed E-state index contributed by atoms with van der Waals surface area (Å²) < 4.78 is 0.879. The Hall–Kier alpha value is -2.27. The van der Waals surface area contributed by atoms with Gasteiger partial charge in [0, 0.05) is 10.0 Å². The van der Waals surface area contributed by atoms with E-state index in [2.05, 4.69) is 21.1 Å². The average Bonchev–Trinajstić information content (AvgIpc) is 2.53. The maximum Gasteiger partial charge on any atom is 0.365 e. The highest BCUT2D eigenvalue weighted by atomic mass is 79.9. The lowest BCUT2D eigenvalue weighted by Crippen LogP contribution is -2.12. The third-order valence-corrected chi connectivity index (χ3v) is 3.24. The molecule has 5 heteroatoms. The van der Waals surface area contributed by atoms with Crippen molar-refractivity contribution in [1.29, 1.82) is 0 Å². The average molecular weight is 346 g/mol. The molecule has 0 radical (unpaired) electrons. The number of benzene rings is 2. The fraction of sp³-hybridized carbons (Fsp3) is 0.0625. The Labute approximate surface area is 130 Å². The predicted octanol–water partition coefficient (Wildman–Crippen LogP) is 3.86. The van der Waals surface area contributed by atoms with E-state index in [1.807, 2.05) is 0 Å². The minimum atomic E-state index is -0.599. The molecule has 21 heavy (non-hydrogen) atoms. The van der Waals surface area contributed by atoms with Crippen molar-refractivity contribution >= 4 is 33.4 Å². The predicted molar refractivity (Wildman–Crippen MR) is 83.4 cm³/mol. The number of halogens is 1. The van der Waals surface area contributed by atoms with Crippen LogP contribution < -0.4 is 0 Å². The number of nitrogens with zero attached hydrogens (tertiary/aromatic N) is 1. The van der Waals surface area contributed by atoms with Gasteiger partial charge in [0.1, 0.15) is 5.71 Å². The van der Waals surface area contributed by atoms with E-state index in [1.54, 1.807) is 54.6 Å². The summed E-state index contributed by atoms with van der Waals surface area (Å²) in [5, 5.41) is 3.61. The SMILES string of the molecule is C/C(=N/OC(=O)c1ccccc1)C(=O)c1ccc(Br)cc1. The van der Waals surface area contributed by atoms with Crippen LogP contribution in [0.2, 0.25) is 0 Å². The topological polar surface area (TPSA) is 55.7 Å². The minimum Gasteiger partial charge on any atom is -0.312 e. The molecule has 0 unspecified atom stereocenters. The smallest absolute Gasteiger partial charge is 0.312 e. The van der Waals surface area contributed by atoms with Gasteiger partial charge in [0.15, 0.2) is 0 Å². The molecule has 106 valence electrons. The number of carbonyl (C=O) groups is 2. The lowest BCUT2D eigenvalue weighted by Gasteiger charge is -2.01. The minimum absolute atomic E-state index is 0.113. The number of hydrogen-bond donors (Lipinski definition) is 0. The van der Waals surface area contributed by atoms with Gasteiger partial charge in [-0.3, -0.25) is 4.79 Å². The van der Waals surface area contributed by atoms with Gasteiger partial charge in [0.2, 0.25) is 5.78 Å². The van der Waals surface area contributed by atoms with Crippen molar-refractivity contribution in [2.75, 3.05) is 0 Å². The molecule has 0 aromatic heterocycles. The van der Waals surface area contributed by atoms with Gasteiger partial charge in [-0.05, 0) is 43.3 Å². The molecule has 2 aromatic carbocycles. The zero-order valence-corrected chi connectivity index (χ0v) is 12.8. The maximum absolute atomic E-state index is 12.1. The molecular weight excluding hydrogens is 334 g/mol. The van der Waals surface area contributed by atoms with Crippen LogP contribution in [0.25, 0.3) is 0 Å². The van der Waals surface area contributed by atoms with Crippen molar-refractivity contribution < 1.29 is 14.4 Å². The second kappa shape index (κ2) is 6.95. The van der Waals surface area contributed by atoms with Crippen LogP contribution in [0.4, 0.5) is 0 Å². The van der Waals surface area contributed by atoms with Gasteiger partial charge < -0.3 is 4.84 Å². The summed E-state index contributed by atoms with van der Waals surface area (Å²) in [5.41, 5.74) is 0.974. The Kier molecular flexibility index (Phi) is 5.00. The first-order chi connectivity index (χ1) is 10.1. The first-order valence-electron chi connectivity index (χ1n) is 6.19. The summed E-state index contributed by atoms with van der Waals surface area (Å²) in [6, 6.07) is 15.3. The molecule has 0 aliphatic rings. The number of rotatable bonds is 4. The summed E-state index contributed by atoms with van der Waals surface area (Å²) >= 11 is 3.30. The van der Waals surface area contributed by atoms with Crippen molar-refractivity contribution in [3.63, 3.8) is 0 Å². The largest absolute Gasteiger partial charge is 0.365 e. The summed E-state index contributed by atoms with van der Waals surface area (Å²) in [6.45, 7) is 1.50. The van der Waals surface area contributed by atoms with E-state index in [1.165, 1.54) is 6.92 Å². The number of oxime groups is 1. The van der Waals surface area contributed by atoms with Crippen LogP contribution in [-0.4, -0.2) is 17.5 Å². The Morgan fingerprint density at radius 3 is 2.19 bits per heavy atom. The summed E-state index contributed by atoms with van der Waals surface area (Å²) in [7, 11) is 0. The molecular formula is C16H12BrNO3. The number of hydrogen-bond acceptors (Lipinski definition) is 4. The monoisotopic (exact) mass is 345 g/mol. The van der Waals surface area contributed by atoms with Crippen LogP contribution in [0.1, 0.15) is 27.6 Å². The van der Waals surface area contributed by atoms with Crippen LogP contribution in [0.5, 0.6) is 0 Å². The quantitative estimate of drug-likeness (QED) is 0.366. The third kappa shape index (κ3) is 4.10. The highest BCUT2D eigenvalue weighted by Crippen LogP contribution is 2.11. The van der Waals surface area contributed by atoms with Crippen LogP contribution in [-0.2, 0) is 4.84 Å². The van der Waals surface area contributed by atoms with E-state index >= 15 is 0 Å². The highest BCUT2D eigenvalue weighted by molar-refractivity contribution is 9.10. The standard InChI is InChI=1S/C16H12BrNO3/c1-11(15(19)12-7-9-14(17)10-8-12)18-21-16(20)13-5-3-2-4-6-13/h2-10H,1H3/b18-11-. The van der Waals surface area contributed by atoms with Gasteiger partial charge in [-0.25, -0.2) is 4.79 Å². The first kappa shape index (κ1) is 15.1. The van der Waals surface area contributed by atoms with Crippen molar-refractivity contribution in [3.8, 4) is 0 Å². The fourth-order valence-corrected chi connectivity index (χ4v) is 1.85. The molecule has 0 fully saturated rings. The second-order valence-electron chi connectivity index (χ2n) is 4.26. The van der Waals surface area contributed by atoms with Crippen LogP contribution >= 0.6 is 15.9 Å². The van der Waals surface area contributed by atoms with Gasteiger partial charge in [0.25, 0.3) is 0 Å². The molecule has 0 amide bonds. The molecule has 0 N–H and O–H groups in total. The van der Waals surface area contributed by atoms with Gasteiger partial charge >= 0.3 is 5.97 Å². The lowest BCUT2D eigenvalue weighted by atomic mass is 10.1. The van der Waals surface area contributed by atoms with Crippen molar-refractivity contribution in [3.05, 3.63) is 70.2 Å². The molecule has 0 atom stereocenters. The van der Waals surface area contributed by atoms with Crippen molar-refractivity contribution in [2.45, 2.75) is 6.92 Å². The van der Waals surface area contributed by atoms with Crippen molar-refractivity contribution in [2.24, 2.45) is 5.16 Å². The van der Waals surface area contributed by atoms with Crippen molar-refractivity contribution in [1.82, 2.24) is 0 Å². The first-order valence-corrected chi connectivity index (χ1v) is 6.98. The molecule has 0 aliphatic heterocycles. The molecule has 2 aromatic rings. The zero-order valence-electron chi connectivity index (χ0n) is 11.2. The van der Waals surface area contributed by atoms with E-state index < -0.39 is 5.97 Å². The van der Waals surface area contributed by atoms with Crippen LogP contribution in [0.15, 0.2) is 64.2 Å². The Morgan fingerprint density at radius 1 is 0.952 bits per heavy atom. The molecule has 0 aliphatic carbocycles. The molecule has 0 saturated carbocycles. The van der Waals surface area contributed by atoms with Crippen LogP contribution in [0.3, 0.4) is 0 Å². The van der Waals surface area contributed by atoms with E-state index in [0.29, 0.717) is 11.1 Å². The number of carbonyl (C=O) groups excluding carboxylic acids is 2. The Balaban J connectivity index is 2.05. The summed E-state index contributed by atoms with van der Waals surface area (Å²) in [6.07, 6.45) is 0. The number of Topliss-reactive ketones (excluding diaryl/α,β-unsaturated/α-hetero) is 1. The summed E-state index contributed by atoms with van der Waals surface area (Å²) in [5.74, 6) is -0.887. The lowest BCUT2D eigenvalue weighted by molar-refractivity contribution is 0.0515. The van der Waals surface area contributed by atoms with E-state index in [0.717, 1.165) is 4.47 Å². The Bertz CT molecular complexity index is 678. The number of ketones is 1. The molecule has 2 rings (SSSR count). The molecule has 0 bridgehead atoms. The molecule has 0 heterocycles. The second-order valence-corrected chi connectivity index (χ2v) is 5.17. The van der Waals surface area contributed by atoms with E-state index in [-0.39, 0.29) is 11.5 Å². The van der Waals surface area contributed by atoms with Crippen LogP contribution in [0, 0.1) is 0 Å². The van der Waals surface area contributed by atoms with Gasteiger partial charge in [0.05, 0.1) is 5.56 Å². The fourth-order valence-electron chi connectivity index (χ4n) is 1.59. The normalized spacial score (nSPS) is 11.0. The maximum atomic E-state index is 12.1. The molecule has 4 nitrogen and oxygen atoms in total. The molecule has 0 spiro atoms. The van der Waals surface area contributed by atoms with E-state index in [9.17, 15) is 9.59 Å². The zero-order chi connectivity index (χ0) is 15.2. The Morgan fingerprint density at radius 2 is 1.57 bits per heavy atom. The third-order valence-electron chi connectivity index (χ3n) is 2.71. The summed E-state index contributed by atoms with van der Waals surface area (Å²) in [4.78, 5) is 28.5. The highest BCUT2D eigenvalue weighted by Gasteiger charge is 2.12. The van der Waals surface area contributed by atoms with Gasteiger partial charge in [-0.15, -0.1) is 0 Å². The van der Waals surface area contributed by atoms with E-state index in [4.69, 9.17) is 4.84 Å². The van der Waals surface area contributed by atoms with Gasteiger partial charge in [-0.2, -0.15) is 0 Å². The molecule has 0 saturated heterocycles. The van der Waals surface area contributed by atoms with Gasteiger partial charge in [-0.1, -0.05) is 39.3 Å².